The van der Waals surface area contributed by atoms with E-state index in [1.54, 1.807) is 6.20 Å². The number of aryl methyl sites for hydroxylation is 1. The fourth-order valence-electron chi connectivity index (χ4n) is 4.98. The van der Waals surface area contributed by atoms with Gasteiger partial charge in [0.25, 0.3) is 0 Å². The number of likely N-dealkylation sites (tertiary alicyclic amines) is 1. The van der Waals surface area contributed by atoms with E-state index in [9.17, 15) is 9.90 Å². The van der Waals surface area contributed by atoms with Crippen LogP contribution in [0.2, 0.25) is 0 Å². The van der Waals surface area contributed by atoms with E-state index in [2.05, 4.69) is 42.1 Å². The van der Waals surface area contributed by atoms with Gasteiger partial charge in [0.05, 0.1) is 12.2 Å². The molecule has 1 fully saturated rings. The van der Waals surface area contributed by atoms with Gasteiger partial charge in [-0.05, 0) is 73.7 Å². The quantitative estimate of drug-likeness (QED) is 0.239. The number of carbonyl (C=O) groups excluding carboxylic acids is 1. The molecule has 4 aromatic rings. The van der Waals surface area contributed by atoms with Crippen LogP contribution in [0.1, 0.15) is 42.0 Å². The van der Waals surface area contributed by atoms with E-state index in [0.29, 0.717) is 17.8 Å². The third kappa shape index (κ3) is 5.49. The highest BCUT2D eigenvalue weighted by Crippen LogP contribution is 2.41. The lowest BCUT2D eigenvalue weighted by Crippen LogP contribution is -2.34. The molecule has 9 heteroatoms. The van der Waals surface area contributed by atoms with Crippen LogP contribution in [0.4, 0.5) is 5.69 Å². The number of aromatic hydroxyl groups is 1. The molecule has 38 heavy (non-hydrogen) atoms. The largest absolute Gasteiger partial charge is 0.493 e. The minimum absolute atomic E-state index is 0.0272. The van der Waals surface area contributed by atoms with Gasteiger partial charge in [0.2, 0.25) is 5.88 Å². The number of ether oxygens (including phenoxy) is 1. The van der Waals surface area contributed by atoms with Crippen LogP contribution < -0.4 is 4.74 Å². The van der Waals surface area contributed by atoms with E-state index in [-0.39, 0.29) is 24.2 Å². The van der Waals surface area contributed by atoms with Crippen molar-refractivity contribution in [3.05, 3.63) is 82.1 Å². The fraction of sp³-hybridized carbons (Fsp3) is 0.310. The van der Waals surface area contributed by atoms with Gasteiger partial charge in [0.15, 0.2) is 12.3 Å². The first-order valence-corrected chi connectivity index (χ1v) is 13.5. The number of azo groups is 1. The molecule has 5 rings (SSSR count). The number of benzene rings is 2. The zero-order chi connectivity index (χ0) is 26.6. The lowest BCUT2D eigenvalue weighted by Gasteiger charge is -2.36. The van der Waals surface area contributed by atoms with Gasteiger partial charge in [-0.15, -0.1) is 10.2 Å². The Morgan fingerprint density at radius 2 is 2.05 bits per heavy atom. The highest BCUT2D eigenvalue weighted by atomic mass is 79.9. The Bertz CT molecular complexity index is 1480. The molecular weight excluding hydrogens is 546 g/mol. The van der Waals surface area contributed by atoms with Crippen LogP contribution in [0.15, 0.2) is 75.6 Å². The number of carbonyl (C=O) groups is 1. The molecule has 8 nitrogen and oxygen atoms in total. The molecule has 196 valence electrons. The standard InChI is InChI=1S/C29H30BrN5O3/c1-19-7-5-10-26(20(19)2)38-17-27(36)32-33-28-23-15-22(30)11-12-25(23)35(29(28)37)18-34-14-4-3-9-24(34)21-8-6-13-31-16-21/h5-8,10-13,15-16,24,37H,3-4,9,14,17-18H2,1-2H3/t24-/m0/s1. The van der Waals surface area contributed by atoms with Gasteiger partial charge >= 0.3 is 5.91 Å². The highest BCUT2D eigenvalue weighted by Gasteiger charge is 2.27. The van der Waals surface area contributed by atoms with Crippen molar-refractivity contribution in [3.8, 4) is 11.6 Å². The van der Waals surface area contributed by atoms with Gasteiger partial charge in [-0.1, -0.05) is 40.5 Å². The summed E-state index contributed by atoms with van der Waals surface area (Å²) < 4.78 is 8.35. The van der Waals surface area contributed by atoms with Gasteiger partial charge in [-0.3, -0.25) is 19.2 Å². The number of rotatable bonds is 7. The van der Waals surface area contributed by atoms with Gasteiger partial charge in [-0.25, -0.2) is 0 Å². The number of hydrogen-bond donors (Lipinski definition) is 1. The van der Waals surface area contributed by atoms with Crippen molar-refractivity contribution in [2.24, 2.45) is 10.2 Å². The number of piperidine rings is 1. The van der Waals surface area contributed by atoms with E-state index >= 15 is 0 Å². The van der Waals surface area contributed by atoms with Crippen molar-refractivity contribution in [3.63, 3.8) is 0 Å². The maximum atomic E-state index is 12.5. The van der Waals surface area contributed by atoms with Crippen LogP contribution in [0.25, 0.3) is 10.9 Å². The number of amides is 1. The van der Waals surface area contributed by atoms with Crippen LogP contribution in [-0.4, -0.2) is 38.6 Å². The first-order chi connectivity index (χ1) is 18.4. The minimum atomic E-state index is -0.533. The maximum Gasteiger partial charge on any atom is 0.302 e. The van der Waals surface area contributed by atoms with Crippen molar-refractivity contribution in [1.29, 1.82) is 0 Å². The summed E-state index contributed by atoms with van der Waals surface area (Å²) >= 11 is 3.51. The molecule has 0 unspecified atom stereocenters. The molecule has 1 atom stereocenters. The van der Waals surface area contributed by atoms with Gasteiger partial charge in [-0.2, -0.15) is 0 Å². The van der Waals surface area contributed by atoms with Crippen molar-refractivity contribution >= 4 is 38.4 Å². The van der Waals surface area contributed by atoms with Crippen molar-refractivity contribution in [2.75, 3.05) is 13.2 Å². The Morgan fingerprint density at radius 3 is 2.87 bits per heavy atom. The predicted molar refractivity (Wildman–Crippen MR) is 150 cm³/mol. The van der Waals surface area contributed by atoms with Gasteiger partial charge in [0, 0.05) is 34.8 Å². The normalized spacial score (nSPS) is 16.3. The molecule has 1 aliphatic heterocycles. The highest BCUT2D eigenvalue weighted by molar-refractivity contribution is 9.10. The number of pyridine rings is 1. The monoisotopic (exact) mass is 575 g/mol. The van der Waals surface area contributed by atoms with E-state index < -0.39 is 5.91 Å². The predicted octanol–water partition coefficient (Wildman–Crippen LogP) is 7.00. The average molecular weight is 576 g/mol. The summed E-state index contributed by atoms with van der Waals surface area (Å²) in [5, 5.41) is 20.1. The fourth-order valence-corrected chi connectivity index (χ4v) is 5.35. The third-order valence-corrected chi connectivity index (χ3v) is 7.64. The Kier molecular flexibility index (Phi) is 7.85. The molecule has 0 bridgehead atoms. The van der Waals surface area contributed by atoms with Gasteiger partial charge in [0.1, 0.15) is 5.75 Å². The van der Waals surface area contributed by atoms with Crippen molar-refractivity contribution in [1.82, 2.24) is 14.5 Å². The first-order valence-electron chi connectivity index (χ1n) is 12.7. The Labute approximate surface area is 230 Å². The number of fused-ring (bicyclic) bond motifs is 1. The minimum Gasteiger partial charge on any atom is -0.493 e. The summed E-state index contributed by atoms with van der Waals surface area (Å²) in [6, 6.07) is 15.7. The summed E-state index contributed by atoms with van der Waals surface area (Å²) in [5.41, 5.74) is 4.30. The SMILES string of the molecule is Cc1cccc(OCC(=O)N=Nc2c(O)n(CN3CCCC[C@H]3c3cccnc3)c3ccc(Br)cc23)c1C. The Hall–Kier alpha value is -3.56. The molecule has 1 amide bonds. The Balaban J connectivity index is 1.40. The molecule has 1 saturated heterocycles. The van der Waals surface area contributed by atoms with E-state index in [1.165, 1.54) is 5.56 Å². The molecule has 1 N–H and O–H groups in total. The second-order valence-electron chi connectivity index (χ2n) is 9.59. The van der Waals surface area contributed by atoms with Crippen LogP contribution in [-0.2, 0) is 11.5 Å². The molecular formula is C29H30BrN5O3. The molecule has 2 aromatic carbocycles. The van der Waals surface area contributed by atoms with Crippen LogP contribution in [0.5, 0.6) is 11.6 Å². The number of hydrogen-bond acceptors (Lipinski definition) is 6. The topological polar surface area (TPSA) is 92.3 Å². The summed E-state index contributed by atoms with van der Waals surface area (Å²) in [6.45, 7) is 5.08. The molecule has 0 radical (unpaired) electrons. The summed E-state index contributed by atoms with van der Waals surface area (Å²) in [4.78, 5) is 19.2. The molecule has 3 heterocycles. The maximum absolute atomic E-state index is 12.5. The second kappa shape index (κ2) is 11.4. The number of halogens is 1. The van der Waals surface area contributed by atoms with Gasteiger partial charge < -0.3 is 9.84 Å². The molecule has 1 aliphatic rings. The smallest absolute Gasteiger partial charge is 0.302 e. The lowest BCUT2D eigenvalue weighted by atomic mass is 9.97. The zero-order valence-corrected chi connectivity index (χ0v) is 23.1. The third-order valence-electron chi connectivity index (χ3n) is 7.15. The summed E-state index contributed by atoms with van der Waals surface area (Å²) in [5.74, 6) is 0.0797. The van der Waals surface area contributed by atoms with Crippen LogP contribution in [0, 0.1) is 13.8 Å². The summed E-state index contributed by atoms with van der Waals surface area (Å²) in [7, 11) is 0. The van der Waals surface area contributed by atoms with E-state index in [1.807, 2.05) is 67.1 Å². The number of nitrogens with zero attached hydrogens (tertiary/aromatic N) is 5. The Morgan fingerprint density at radius 1 is 1.18 bits per heavy atom. The molecule has 2 aromatic heterocycles. The van der Waals surface area contributed by atoms with E-state index in [4.69, 9.17) is 4.74 Å². The van der Waals surface area contributed by atoms with Crippen LogP contribution in [0.3, 0.4) is 0 Å². The molecule has 0 saturated carbocycles. The zero-order valence-electron chi connectivity index (χ0n) is 21.5. The average Bonchev–Trinajstić information content (AvgIpc) is 3.18. The first kappa shape index (κ1) is 26.1. The number of aromatic nitrogens is 2. The van der Waals surface area contributed by atoms with Crippen LogP contribution >= 0.6 is 15.9 Å². The molecule has 0 aliphatic carbocycles. The second-order valence-corrected chi connectivity index (χ2v) is 10.5. The van der Waals surface area contributed by atoms with Crippen molar-refractivity contribution < 1.29 is 14.6 Å². The van der Waals surface area contributed by atoms with Crippen molar-refractivity contribution in [2.45, 2.75) is 45.8 Å². The lowest BCUT2D eigenvalue weighted by molar-refractivity contribution is -0.120. The molecule has 0 spiro atoms. The van der Waals surface area contributed by atoms with E-state index in [0.717, 1.165) is 46.9 Å². The summed E-state index contributed by atoms with van der Waals surface area (Å²) in [6.07, 6.45) is 6.96.